The van der Waals surface area contributed by atoms with Crippen molar-refractivity contribution in [3.05, 3.63) is 64.7 Å². The van der Waals surface area contributed by atoms with E-state index in [0.29, 0.717) is 16.9 Å². The van der Waals surface area contributed by atoms with Crippen molar-refractivity contribution in [2.75, 3.05) is 11.1 Å². The molecule has 0 aliphatic heterocycles. The maximum atomic E-state index is 11.8. The van der Waals surface area contributed by atoms with Crippen molar-refractivity contribution >= 4 is 33.2 Å². The van der Waals surface area contributed by atoms with Crippen molar-refractivity contribution in [3.8, 4) is 5.75 Å². The summed E-state index contributed by atoms with van der Waals surface area (Å²) in [5.41, 5.74) is 7.16. The quantitative estimate of drug-likeness (QED) is 0.475. The fraction of sp³-hybridized carbons (Fsp3) is 0.118. The van der Waals surface area contributed by atoms with Gasteiger partial charge in [-0.3, -0.25) is 4.79 Å². The van der Waals surface area contributed by atoms with Crippen LogP contribution in [0.3, 0.4) is 0 Å². The van der Waals surface area contributed by atoms with E-state index in [0.717, 1.165) is 4.47 Å². The maximum Gasteiger partial charge on any atom is 0.248 e. The first kappa shape index (κ1) is 17.1. The number of halogens is 1. The first-order valence-corrected chi connectivity index (χ1v) is 7.75. The highest BCUT2D eigenvalue weighted by atomic mass is 79.9. The van der Waals surface area contributed by atoms with Crippen LogP contribution in [0, 0.1) is 0 Å². The second kappa shape index (κ2) is 7.80. The molecule has 2 rings (SSSR count). The van der Waals surface area contributed by atoms with E-state index in [1.165, 1.54) is 12.1 Å². The first-order valence-electron chi connectivity index (χ1n) is 6.96. The summed E-state index contributed by atoms with van der Waals surface area (Å²) in [6.45, 7) is 0. The van der Waals surface area contributed by atoms with Gasteiger partial charge in [0.1, 0.15) is 5.75 Å². The Morgan fingerprint density at radius 2 is 2.04 bits per heavy atom. The minimum atomic E-state index is -0.904. The Balaban J connectivity index is 1.94. The first-order chi connectivity index (χ1) is 11.0. The Bertz CT molecular complexity index is 732. The Hall–Kier alpha value is -2.31. The molecule has 0 saturated carbocycles. The van der Waals surface area contributed by atoms with Crippen molar-refractivity contribution in [1.29, 1.82) is 0 Å². The van der Waals surface area contributed by atoms with Gasteiger partial charge in [0, 0.05) is 10.0 Å². The Labute approximate surface area is 142 Å². The molecule has 120 valence electrons. The molecule has 0 unspecified atom stereocenters. The van der Waals surface area contributed by atoms with Crippen LogP contribution in [-0.2, 0) is 4.79 Å². The van der Waals surface area contributed by atoms with E-state index >= 15 is 0 Å². The number of para-hydroxylation sites is 2. The predicted molar refractivity (Wildman–Crippen MR) is 94.0 cm³/mol. The number of anilines is 2. The van der Waals surface area contributed by atoms with Crippen LogP contribution in [0.5, 0.6) is 5.75 Å². The number of hydrogen-bond acceptors (Lipinski definition) is 4. The number of carbonyl (C=O) groups is 1. The zero-order valence-corrected chi connectivity index (χ0v) is 13.8. The average molecular weight is 377 g/mol. The van der Waals surface area contributed by atoms with E-state index in [9.17, 15) is 15.0 Å². The molecule has 6 heteroatoms. The number of phenols is 1. The van der Waals surface area contributed by atoms with E-state index in [2.05, 4.69) is 21.2 Å². The van der Waals surface area contributed by atoms with Gasteiger partial charge in [-0.25, -0.2) is 0 Å². The summed E-state index contributed by atoms with van der Waals surface area (Å²) in [6.07, 6.45) is 2.16. The topological polar surface area (TPSA) is 95.6 Å². The molecule has 0 radical (unpaired) electrons. The highest BCUT2D eigenvalue weighted by molar-refractivity contribution is 9.10. The third kappa shape index (κ3) is 4.84. The smallest absolute Gasteiger partial charge is 0.248 e. The van der Waals surface area contributed by atoms with Crippen LogP contribution >= 0.6 is 15.9 Å². The van der Waals surface area contributed by atoms with E-state index in [4.69, 9.17) is 5.73 Å². The highest BCUT2D eigenvalue weighted by Crippen LogP contribution is 2.29. The number of amides is 1. The molecule has 23 heavy (non-hydrogen) atoms. The minimum absolute atomic E-state index is 0.00982. The molecule has 0 bridgehead atoms. The lowest BCUT2D eigenvalue weighted by molar-refractivity contribution is -0.111. The summed E-state index contributed by atoms with van der Waals surface area (Å²) in [4.78, 5) is 11.8. The number of hydrogen-bond donors (Lipinski definition) is 4. The third-order valence-electron chi connectivity index (χ3n) is 3.20. The summed E-state index contributed by atoms with van der Waals surface area (Å²) in [5, 5.41) is 22.5. The van der Waals surface area contributed by atoms with Gasteiger partial charge < -0.3 is 21.3 Å². The van der Waals surface area contributed by atoms with E-state index in [1.54, 1.807) is 42.5 Å². The number of aromatic hydroxyl groups is 1. The number of nitrogens with one attached hydrogen (secondary N) is 1. The Kier molecular flexibility index (Phi) is 5.78. The molecule has 2 aromatic rings. The Morgan fingerprint density at radius 3 is 2.78 bits per heavy atom. The number of nitrogens with two attached hydrogens (primary N) is 1. The lowest BCUT2D eigenvalue weighted by Gasteiger charge is -2.11. The monoisotopic (exact) mass is 376 g/mol. The van der Waals surface area contributed by atoms with Crippen molar-refractivity contribution in [1.82, 2.24) is 0 Å². The lowest BCUT2D eigenvalue weighted by atomic mass is 10.1. The van der Waals surface area contributed by atoms with Gasteiger partial charge in [-0.05, 0) is 42.8 Å². The molecular formula is C17H17BrN2O3. The molecule has 0 fully saturated rings. The van der Waals surface area contributed by atoms with Gasteiger partial charge in [0.05, 0.1) is 17.5 Å². The third-order valence-corrected chi connectivity index (χ3v) is 3.69. The van der Waals surface area contributed by atoms with Crippen LogP contribution in [0.2, 0.25) is 0 Å². The van der Waals surface area contributed by atoms with E-state index in [-0.39, 0.29) is 18.1 Å². The number of phenolic OH excluding ortho intramolecular Hbond substituents is 1. The van der Waals surface area contributed by atoms with Gasteiger partial charge in [0.25, 0.3) is 0 Å². The molecule has 5 nitrogen and oxygen atoms in total. The number of aliphatic hydroxyl groups excluding tert-OH is 1. The molecular weight excluding hydrogens is 360 g/mol. The molecule has 0 aliphatic rings. The van der Waals surface area contributed by atoms with Crippen molar-refractivity contribution in [2.24, 2.45) is 0 Å². The molecule has 0 aromatic heterocycles. The summed E-state index contributed by atoms with van der Waals surface area (Å²) in [7, 11) is 0. The van der Waals surface area contributed by atoms with Crippen LogP contribution in [-0.4, -0.2) is 16.1 Å². The summed E-state index contributed by atoms with van der Waals surface area (Å²) in [5.74, 6) is -0.329. The second-order valence-electron chi connectivity index (χ2n) is 4.93. The number of rotatable bonds is 5. The maximum absolute atomic E-state index is 11.8. The SMILES string of the molecule is Nc1ccccc1NC(=O)/C=C/C[C@@H](O)c1cc(Br)ccc1O. The zero-order valence-electron chi connectivity index (χ0n) is 12.2. The Morgan fingerprint density at radius 1 is 1.30 bits per heavy atom. The molecule has 1 amide bonds. The number of nitrogen functional groups attached to an aromatic ring is 1. The molecule has 5 N–H and O–H groups in total. The van der Waals surface area contributed by atoms with Gasteiger partial charge in [0.2, 0.25) is 5.91 Å². The van der Waals surface area contributed by atoms with Gasteiger partial charge >= 0.3 is 0 Å². The zero-order chi connectivity index (χ0) is 16.8. The molecule has 0 saturated heterocycles. The molecule has 0 aliphatic carbocycles. The largest absolute Gasteiger partial charge is 0.508 e. The molecule has 2 aromatic carbocycles. The van der Waals surface area contributed by atoms with Crippen LogP contribution in [0.15, 0.2) is 59.1 Å². The minimum Gasteiger partial charge on any atom is -0.508 e. The van der Waals surface area contributed by atoms with Gasteiger partial charge in [0.15, 0.2) is 0 Å². The average Bonchev–Trinajstić information content (AvgIpc) is 2.52. The summed E-state index contributed by atoms with van der Waals surface area (Å²) in [6, 6.07) is 11.8. The normalized spacial score (nSPS) is 12.3. The van der Waals surface area contributed by atoms with Crippen LogP contribution in [0.4, 0.5) is 11.4 Å². The number of benzene rings is 2. The number of carbonyl (C=O) groups excluding carboxylic acids is 1. The summed E-state index contributed by atoms with van der Waals surface area (Å²) >= 11 is 3.28. The van der Waals surface area contributed by atoms with Gasteiger partial charge in [-0.2, -0.15) is 0 Å². The second-order valence-corrected chi connectivity index (χ2v) is 5.85. The molecule has 1 atom stereocenters. The van der Waals surface area contributed by atoms with Gasteiger partial charge in [-0.1, -0.05) is 34.1 Å². The van der Waals surface area contributed by atoms with Crippen molar-refractivity contribution < 1.29 is 15.0 Å². The van der Waals surface area contributed by atoms with Crippen LogP contribution in [0.1, 0.15) is 18.1 Å². The standard InChI is InChI=1S/C17H17BrN2O3/c18-11-8-9-16(22)12(10-11)15(21)6-3-7-17(23)20-14-5-2-1-4-13(14)19/h1-5,7-10,15,21-22H,6,19H2,(H,20,23)/b7-3+/t15-/m1/s1. The molecule has 0 heterocycles. The van der Waals surface area contributed by atoms with Crippen molar-refractivity contribution in [3.63, 3.8) is 0 Å². The van der Waals surface area contributed by atoms with Crippen LogP contribution < -0.4 is 11.1 Å². The van der Waals surface area contributed by atoms with Crippen LogP contribution in [0.25, 0.3) is 0 Å². The fourth-order valence-corrected chi connectivity index (χ4v) is 2.39. The van der Waals surface area contributed by atoms with Crippen molar-refractivity contribution in [2.45, 2.75) is 12.5 Å². The lowest BCUT2D eigenvalue weighted by Crippen LogP contribution is -2.09. The van der Waals surface area contributed by atoms with Gasteiger partial charge in [-0.15, -0.1) is 0 Å². The van der Waals surface area contributed by atoms with E-state index < -0.39 is 6.10 Å². The fourth-order valence-electron chi connectivity index (χ4n) is 2.01. The highest BCUT2D eigenvalue weighted by Gasteiger charge is 2.11. The number of aliphatic hydroxyl groups is 1. The predicted octanol–water partition coefficient (Wildman–Crippen LogP) is 3.36. The van der Waals surface area contributed by atoms with E-state index in [1.807, 2.05) is 0 Å². The molecule has 0 spiro atoms. The summed E-state index contributed by atoms with van der Waals surface area (Å²) < 4.78 is 0.755.